The van der Waals surface area contributed by atoms with Gasteiger partial charge < -0.3 is 14.3 Å². The van der Waals surface area contributed by atoms with Gasteiger partial charge in [0.2, 0.25) is 0 Å². The van der Waals surface area contributed by atoms with Crippen molar-refractivity contribution < 1.29 is 4.74 Å². The van der Waals surface area contributed by atoms with E-state index in [1.807, 2.05) is 48.0 Å². The van der Waals surface area contributed by atoms with Crippen LogP contribution in [0.15, 0.2) is 64.5 Å². The van der Waals surface area contributed by atoms with Crippen LogP contribution >= 0.6 is 11.8 Å². The number of ether oxygens (including phenoxy) is 1. The Morgan fingerprint density at radius 2 is 1.87 bits per heavy atom. The molecule has 0 spiro atoms. The van der Waals surface area contributed by atoms with Crippen LogP contribution in [-0.2, 0) is 19.4 Å². The monoisotopic (exact) mass is 420 g/mol. The predicted octanol–water partition coefficient (Wildman–Crippen LogP) is 4.65. The molecular formula is C23H24N4O2S. The first-order valence-corrected chi connectivity index (χ1v) is 10.8. The van der Waals surface area contributed by atoms with Gasteiger partial charge in [0.05, 0.1) is 0 Å². The van der Waals surface area contributed by atoms with Crippen molar-refractivity contribution in [2.45, 2.75) is 37.3 Å². The summed E-state index contributed by atoms with van der Waals surface area (Å²) in [6.45, 7) is 4.68. The fraction of sp³-hybridized carbons (Fsp3) is 0.261. The maximum atomic E-state index is 12.3. The Bertz CT molecular complexity index is 1210. The van der Waals surface area contributed by atoms with Crippen LogP contribution in [0.4, 0.5) is 0 Å². The molecule has 0 aliphatic carbocycles. The molecule has 0 unspecified atom stereocenters. The summed E-state index contributed by atoms with van der Waals surface area (Å²) in [5.41, 5.74) is 3.01. The standard InChI is InChI=1S/C23H24N4O2S/c1-15(2)16-8-10-18(11-9-16)29-13-22-25-26-23(27(22)3)30-14-17-12-21(28)19-6-4-5-7-20(19)24-17/h4-12,15H,13-14H2,1-3H3,(H,24,28). The molecule has 2 heterocycles. The first-order valence-electron chi connectivity index (χ1n) is 9.86. The number of hydrogen-bond acceptors (Lipinski definition) is 5. The van der Waals surface area contributed by atoms with Gasteiger partial charge in [0, 0.05) is 35.5 Å². The maximum absolute atomic E-state index is 12.3. The molecule has 2 aromatic heterocycles. The molecule has 0 saturated carbocycles. The van der Waals surface area contributed by atoms with Crippen LogP contribution in [0.3, 0.4) is 0 Å². The van der Waals surface area contributed by atoms with Crippen molar-refractivity contribution in [1.82, 2.24) is 19.7 Å². The summed E-state index contributed by atoms with van der Waals surface area (Å²) >= 11 is 1.53. The smallest absolute Gasteiger partial charge is 0.191 e. The number of H-pyrrole nitrogens is 1. The molecule has 0 aliphatic heterocycles. The number of aromatic amines is 1. The number of benzene rings is 2. The number of pyridine rings is 1. The van der Waals surface area contributed by atoms with E-state index in [0.717, 1.165) is 27.9 Å². The molecule has 30 heavy (non-hydrogen) atoms. The van der Waals surface area contributed by atoms with Gasteiger partial charge in [-0.3, -0.25) is 4.79 Å². The van der Waals surface area contributed by atoms with Crippen molar-refractivity contribution in [2.75, 3.05) is 0 Å². The van der Waals surface area contributed by atoms with Crippen LogP contribution in [0.1, 0.15) is 36.8 Å². The van der Waals surface area contributed by atoms with E-state index < -0.39 is 0 Å². The van der Waals surface area contributed by atoms with Crippen molar-refractivity contribution in [3.63, 3.8) is 0 Å². The van der Waals surface area contributed by atoms with Crippen LogP contribution in [0, 0.1) is 0 Å². The quantitative estimate of drug-likeness (QED) is 0.441. The third kappa shape index (κ3) is 4.41. The van der Waals surface area contributed by atoms with Gasteiger partial charge in [-0.05, 0) is 35.7 Å². The fourth-order valence-electron chi connectivity index (χ4n) is 3.17. The molecule has 7 heteroatoms. The van der Waals surface area contributed by atoms with E-state index in [2.05, 4.69) is 41.2 Å². The first kappa shape index (κ1) is 20.2. The summed E-state index contributed by atoms with van der Waals surface area (Å²) in [6.07, 6.45) is 0. The van der Waals surface area contributed by atoms with E-state index in [0.29, 0.717) is 23.7 Å². The molecule has 0 bridgehead atoms. The minimum absolute atomic E-state index is 0.0236. The van der Waals surface area contributed by atoms with Crippen molar-refractivity contribution in [1.29, 1.82) is 0 Å². The van der Waals surface area contributed by atoms with Crippen molar-refractivity contribution in [3.8, 4) is 5.75 Å². The van der Waals surface area contributed by atoms with Gasteiger partial charge >= 0.3 is 0 Å². The molecule has 0 aliphatic rings. The number of thioether (sulfide) groups is 1. The van der Waals surface area contributed by atoms with E-state index in [4.69, 9.17) is 4.74 Å². The van der Waals surface area contributed by atoms with Crippen molar-refractivity contribution in [2.24, 2.45) is 7.05 Å². The van der Waals surface area contributed by atoms with Crippen LogP contribution in [0.25, 0.3) is 10.9 Å². The number of para-hydroxylation sites is 1. The molecule has 0 saturated heterocycles. The summed E-state index contributed by atoms with van der Waals surface area (Å²) in [7, 11) is 1.92. The van der Waals surface area contributed by atoms with E-state index in [-0.39, 0.29) is 5.43 Å². The fourth-order valence-corrected chi connectivity index (χ4v) is 4.00. The second kappa shape index (κ2) is 8.75. The van der Waals surface area contributed by atoms with Crippen molar-refractivity contribution in [3.05, 3.63) is 81.9 Å². The Labute approximate surface area is 179 Å². The Kier molecular flexibility index (Phi) is 5.90. The number of fused-ring (bicyclic) bond motifs is 1. The van der Waals surface area contributed by atoms with Crippen LogP contribution in [-0.4, -0.2) is 19.7 Å². The zero-order chi connectivity index (χ0) is 21.1. The molecule has 0 amide bonds. The van der Waals surface area contributed by atoms with Gasteiger partial charge in [-0.15, -0.1) is 10.2 Å². The molecule has 4 aromatic rings. The molecule has 0 atom stereocenters. The van der Waals surface area contributed by atoms with Gasteiger partial charge in [-0.1, -0.05) is 49.9 Å². The average molecular weight is 421 g/mol. The highest BCUT2D eigenvalue weighted by molar-refractivity contribution is 7.98. The van der Waals surface area contributed by atoms with Crippen LogP contribution < -0.4 is 10.2 Å². The highest BCUT2D eigenvalue weighted by Crippen LogP contribution is 2.22. The van der Waals surface area contributed by atoms with Crippen LogP contribution in [0.2, 0.25) is 0 Å². The van der Waals surface area contributed by atoms with E-state index >= 15 is 0 Å². The molecule has 0 radical (unpaired) electrons. The zero-order valence-electron chi connectivity index (χ0n) is 17.3. The molecule has 0 fully saturated rings. The number of aromatic nitrogens is 4. The highest BCUT2D eigenvalue weighted by atomic mass is 32.2. The van der Waals surface area contributed by atoms with Gasteiger partial charge in [0.25, 0.3) is 0 Å². The third-order valence-electron chi connectivity index (χ3n) is 4.99. The molecule has 4 rings (SSSR count). The lowest BCUT2D eigenvalue weighted by Gasteiger charge is -2.09. The van der Waals surface area contributed by atoms with E-state index in [1.165, 1.54) is 17.3 Å². The second-order valence-electron chi connectivity index (χ2n) is 7.46. The van der Waals surface area contributed by atoms with E-state index in [9.17, 15) is 4.79 Å². The molecular weight excluding hydrogens is 396 g/mol. The molecule has 6 nitrogen and oxygen atoms in total. The minimum Gasteiger partial charge on any atom is -0.486 e. The third-order valence-corrected chi connectivity index (χ3v) is 6.06. The van der Waals surface area contributed by atoms with E-state index in [1.54, 1.807) is 6.07 Å². The number of hydrogen-bond donors (Lipinski definition) is 1. The Balaban J connectivity index is 1.40. The lowest BCUT2D eigenvalue weighted by atomic mass is 10.0. The summed E-state index contributed by atoms with van der Waals surface area (Å²) in [5, 5.41) is 10.00. The van der Waals surface area contributed by atoms with Gasteiger partial charge in [0.15, 0.2) is 16.4 Å². The predicted molar refractivity (Wildman–Crippen MR) is 120 cm³/mol. The normalized spacial score (nSPS) is 11.3. The summed E-state index contributed by atoms with van der Waals surface area (Å²) in [5.74, 6) is 2.65. The van der Waals surface area contributed by atoms with Crippen molar-refractivity contribution >= 4 is 22.7 Å². The maximum Gasteiger partial charge on any atom is 0.191 e. The Hall–Kier alpha value is -3.06. The average Bonchev–Trinajstić information content (AvgIpc) is 3.10. The Morgan fingerprint density at radius 3 is 2.63 bits per heavy atom. The second-order valence-corrected chi connectivity index (χ2v) is 8.41. The lowest BCUT2D eigenvalue weighted by Crippen LogP contribution is -2.05. The van der Waals surface area contributed by atoms with Gasteiger partial charge in [-0.25, -0.2) is 0 Å². The van der Waals surface area contributed by atoms with Gasteiger partial charge in [-0.2, -0.15) is 0 Å². The van der Waals surface area contributed by atoms with Gasteiger partial charge in [0.1, 0.15) is 12.4 Å². The number of nitrogens with one attached hydrogen (secondary N) is 1. The first-order chi connectivity index (χ1) is 14.5. The minimum atomic E-state index is 0.0236. The molecule has 1 N–H and O–H groups in total. The lowest BCUT2D eigenvalue weighted by molar-refractivity contribution is 0.290. The zero-order valence-corrected chi connectivity index (χ0v) is 18.1. The molecule has 154 valence electrons. The Morgan fingerprint density at radius 1 is 1.10 bits per heavy atom. The summed E-state index contributed by atoms with van der Waals surface area (Å²) < 4.78 is 7.79. The topological polar surface area (TPSA) is 72.8 Å². The summed E-state index contributed by atoms with van der Waals surface area (Å²) in [4.78, 5) is 15.6. The van der Waals surface area contributed by atoms with Crippen LogP contribution in [0.5, 0.6) is 5.75 Å². The highest BCUT2D eigenvalue weighted by Gasteiger charge is 2.11. The summed E-state index contributed by atoms with van der Waals surface area (Å²) in [6, 6.07) is 17.3. The number of nitrogens with zero attached hydrogens (tertiary/aromatic N) is 3. The largest absolute Gasteiger partial charge is 0.486 e. The SMILES string of the molecule is CC(C)c1ccc(OCc2nnc(SCc3cc(=O)c4ccccc4[nH]3)n2C)cc1. The number of rotatable bonds is 7. The molecule has 2 aromatic carbocycles.